The molecule has 1 aromatic carbocycles. The van der Waals surface area contributed by atoms with E-state index in [-0.39, 0.29) is 18.3 Å². The van der Waals surface area contributed by atoms with E-state index in [9.17, 15) is 9.18 Å². The number of rotatable bonds is 5. The lowest BCUT2D eigenvalue weighted by atomic mass is 9.61. The van der Waals surface area contributed by atoms with Crippen LogP contribution in [0.25, 0.3) is 0 Å². The molecule has 1 N–H and O–H groups in total. The SMILES string of the molecule is CCN1CC[C@@H]2C[C@@H](N3CCOCC3)CC[C@@]2(C(=O)NCc2c(F)cccc2Cl)C1. The smallest absolute Gasteiger partial charge is 0.228 e. The first kappa shape index (κ1) is 22.0. The Morgan fingerprint density at radius 2 is 2.10 bits per heavy atom. The van der Waals surface area contributed by atoms with Gasteiger partial charge in [-0.2, -0.15) is 0 Å². The van der Waals surface area contributed by atoms with Gasteiger partial charge in [-0.15, -0.1) is 0 Å². The number of benzene rings is 1. The zero-order valence-corrected chi connectivity index (χ0v) is 18.6. The summed E-state index contributed by atoms with van der Waals surface area (Å²) in [5.74, 6) is 0.0510. The van der Waals surface area contributed by atoms with Crippen molar-refractivity contribution in [3.8, 4) is 0 Å². The van der Waals surface area contributed by atoms with Crippen LogP contribution in [0.3, 0.4) is 0 Å². The molecule has 3 aliphatic rings. The van der Waals surface area contributed by atoms with Crippen LogP contribution in [0.1, 0.15) is 38.2 Å². The first-order valence-corrected chi connectivity index (χ1v) is 11.7. The van der Waals surface area contributed by atoms with E-state index in [2.05, 4.69) is 22.0 Å². The predicted octanol–water partition coefficient (Wildman–Crippen LogP) is 3.31. The van der Waals surface area contributed by atoms with E-state index in [4.69, 9.17) is 16.3 Å². The van der Waals surface area contributed by atoms with Gasteiger partial charge in [0.25, 0.3) is 0 Å². The molecular weight excluding hydrogens is 405 g/mol. The second kappa shape index (κ2) is 9.51. The normalized spacial score (nSPS) is 30.6. The summed E-state index contributed by atoms with van der Waals surface area (Å²) in [6.07, 6.45) is 4.02. The van der Waals surface area contributed by atoms with Gasteiger partial charge in [-0.05, 0) is 56.8 Å². The number of likely N-dealkylation sites (tertiary alicyclic amines) is 1. The van der Waals surface area contributed by atoms with Crippen molar-refractivity contribution in [1.29, 1.82) is 0 Å². The molecule has 2 heterocycles. The van der Waals surface area contributed by atoms with Gasteiger partial charge in [0.1, 0.15) is 5.82 Å². The topological polar surface area (TPSA) is 44.8 Å². The Morgan fingerprint density at radius 3 is 2.83 bits per heavy atom. The monoisotopic (exact) mass is 437 g/mol. The van der Waals surface area contributed by atoms with E-state index in [1.165, 1.54) is 6.07 Å². The number of halogens is 2. The summed E-state index contributed by atoms with van der Waals surface area (Å²) in [7, 11) is 0. The van der Waals surface area contributed by atoms with Gasteiger partial charge in [0.05, 0.1) is 18.6 Å². The standard InChI is InChI=1S/C23H33ClFN3O2/c1-2-27-9-7-17-14-18(28-10-12-30-13-11-28)6-8-23(17,16-27)22(29)26-15-19-20(24)4-3-5-21(19)25/h3-5,17-18H,2,6-16H2,1H3,(H,26,29)/t17-,18+,23-/m1/s1. The highest BCUT2D eigenvalue weighted by molar-refractivity contribution is 6.31. The molecule has 166 valence electrons. The zero-order chi connectivity index (χ0) is 21.1. The third-order valence-corrected chi connectivity index (χ3v) is 7.86. The van der Waals surface area contributed by atoms with Gasteiger partial charge in [-0.3, -0.25) is 9.69 Å². The second-order valence-electron chi connectivity index (χ2n) is 8.97. The van der Waals surface area contributed by atoms with E-state index in [1.54, 1.807) is 12.1 Å². The Hall–Kier alpha value is -1.21. The number of amides is 1. The summed E-state index contributed by atoms with van der Waals surface area (Å²) >= 11 is 6.17. The maximum atomic E-state index is 14.2. The Labute approximate surface area is 183 Å². The van der Waals surface area contributed by atoms with Crippen molar-refractivity contribution in [1.82, 2.24) is 15.1 Å². The van der Waals surface area contributed by atoms with E-state index in [0.717, 1.165) is 71.6 Å². The van der Waals surface area contributed by atoms with Crippen molar-refractivity contribution in [2.45, 2.75) is 45.2 Å². The van der Waals surface area contributed by atoms with Gasteiger partial charge >= 0.3 is 0 Å². The molecule has 30 heavy (non-hydrogen) atoms. The van der Waals surface area contributed by atoms with Crippen LogP contribution in [-0.4, -0.2) is 67.7 Å². The first-order chi connectivity index (χ1) is 14.5. The zero-order valence-electron chi connectivity index (χ0n) is 17.8. The van der Waals surface area contributed by atoms with Gasteiger partial charge in [-0.1, -0.05) is 24.6 Å². The van der Waals surface area contributed by atoms with Gasteiger partial charge in [0.15, 0.2) is 0 Å². The summed E-state index contributed by atoms with van der Waals surface area (Å²) in [6, 6.07) is 5.18. The quantitative estimate of drug-likeness (QED) is 0.767. The van der Waals surface area contributed by atoms with Crippen molar-refractivity contribution < 1.29 is 13.9 Å². The molecule has 3 fully saturated rings. The fourth-order valence-corrected chi connectivity index (χ4v) is 5.91. The second-order valence-corrected chi connectivity index (χ2v) is 9.38. The number of hydrogen-bond donors (Lipinski definition) is 1. The number of carbonyl (C=O) groups is 1. The number of morpholine rings is 1. The number of fused-ring (bicyclic) bond motifs is 1. The molecule has 2 saturated heterocycles. The fraction of sp³-hybridized carbons (Fsp3) is 0.696. The highest BCUT2D eigenvalue weighted by atomic mass is 35.5. The Morgan fingerprint density at radius 1 is 1.30 bits per heavy atom. The first-order valence-electron chi connectivity index (χ1n) is 11.3. The third kappa shape index (κ3) is 4.38. The predicted molar refractivity (Wildman–Crippen MR) is 116 cm³/mol. The summed E-state index contributed by atoms with van der Waals surface area (Å²) in [5.41, 5.74) is -0.0277. The van der Waals surface area contributed by atoms with Crippen LogP contribution in [0.2, 0.25) is 5.02 Å². The van der Waals surface area contributed by atoms with Crippen molar-refractivity contribution >= 4 is 17.5 Å². The molecule has 4 rings (SSSR count). The average molecular weight is 438 g/mol. The highest BCUT2D eigenvalue weighted by Gasteiger charge is 2.52. The Kier molecular flexibility index (Phi) is 6.98. The summed E-state index contributed by atoms with van der Waals surface area (Å²) in [6.45, 7) is 8.68. The molecule has 0 unspecified atom stereocenters. The van der Waals surface area contributed by atoms with Crippen LogP contribution in [0.15, 0.2) is 18.2 Å². The lowest BCUT2D eigenvalue weighted by Crippen LogP contribution is -2.60. The molecular formula is C23H33ClFN3O2. The van der Waals surface area contributed by atoms with Crippen molar-refractivity contribution in [2.24, 2.45) is 11.3 Å². The number of ether oxygens (including phenoxy) is 1. The summed E-state index contributed by atoms with van der Waals surface area (Å²) in [5, 5.41) is 3.42. The number of piperidine rings is 1. The van der Waals surface area contributed by atoms with Crippen LogP contribution < -0.4 is 5.32 Å². The lowest BCUT2D eigenvalue weighted by Gasteiger charge is -2.53. The van der Waals surface area contributed by atoms with Gasteiger partial charge < -0.3 is 15.0 Å². The molecule has 0 spiro atoms. The molecule has 2 aliphatic heterocycles. The highest BCUT2D eigenvalue weighted by Crippen LogP contribution is 2.48. The van der Waals surface area contributed by atoms with Crippen LogP contribution in [0.4, 0.5) is 4.39 Å². The molecule has 1 amide bonds. The molecule has 3 atom stereocenters. The van der Waals surface area contributed by atoms with Gasteiger partial charge in [0, 0.05) is 42.8 Å². The van der Waals surface area contributed by atoms with E-state index >= 15 is 0 Å². The fourth-order valence-electron chi connectivity index (χ4n) is 5.68. The minimum atomic E-state index is -0.394. The van der Waals surface area contributed by atoms with Crippen molar-refractivity contribution in [2.75, 3.05) is 45.9 Å². The minimum absolute atomic E-state index is 0.0606. The number of carbonyl (C=O) groups excluding carboxylic acids is 1. The Bertz CT molecular complexity index is 738. The molecule has 1 aromatic rings. The van der Waals surface area contributed by atoms with Crippen LogP contribution in [0, 0.1) is 17.2 Å². The van der Waals surface area contributed by atoms with E-state index < -0.39 is 5.41 Å². The van der Waals surface area contributed by atoms with Crippen LogP contribution in [-0.2, 0) is 16.1 Å². The largest absolute Gasteiger partial charge is 0.379 e. The maximum absolute atomic E-state index is 14.2. The lowest BCUT2D eigenvalue weighted by molar-refractivity contribution is -0.145. The molecule has 0 aromatic heterocycles. The summed E-state index contributed by atoms with van der Waals surface area (Å²) < 4.78 is 19.7. The summed E-state index contributed by atoms with van der Waals surface area (Å²) in [4.78, 5) is 18.5. The van der Waals surface area contributed by atoms with E-state index in [0.29, 0.717) is 22.5 Å². The average Bonchev–Trinajstić information content (AvgIpc) is 2.78. The van der Waals surface area contributed by atoms with Crippen LogP contribution in [0.5, 0.6) is 0 Å². The van der Waals surface area contributed by atoms with Crippen molar-refractivity contribution in [3.05, 3.63) is 34.6 Å². The molecule has 7 heteroatoms. The van der Waals surface area contributed by atoms with Crippen LogP contribution >= 0.6 is 11.6 Å². The molecule has 0 bridgehead atoms. The van der Waals surface area contributed by atoms with Gasteiger partial charge in [0.2, 0.25) is 5.91 Å². The number of nitrogens with one attached hydrogen (secondary N) is 1. The minimum Gasteiger partial charge on any atom is -0.379 e. The number of nitrogens with zero attached hydrogens (tertiary/aromatic N) is 2. The molecule has 1 aliphatic carbocycles. The maximum Gasteiger partial charge on any atom is 0.228 e. The number of hydrogen-bond acceptors (Lipinski definition) is 4. The van der Waals surface area contributed by atoms with E-state index in [1.807, 2.05) is 0 Å². The Balaban J connectivity index is 1.49. The van der Waals surface area contributed by atoms with Gasteiger partial charge in [-0.25, -0.2) is 4.39 Å². The molecule has 5 nitrogen and oxygen atoms in total. The van der Waals surface area contributed by atoms with Crippen molar-refractivity contribution in [3.63, 3.8) is 0 Å². The third-order valence-electron chi connectivity index (χ3n) is 7.51. The molecule has 0 radical (unpaired) electrons. The molecule has 1 saturated carbocycles.